The van der Waals surface area contributed by atoms with Gasteiger partial charge in [-0.15, -0.1) is 4.72 Å². The SMILES string of the molecule is CC(C)(C)[S+]([O-])NC(C#N)C[C@@H](Nc1cc(Cl)ccc1[N+](=O)[O-])c1c(F)cccc1Br. The number of nitrogens with zero attached hydrogens (tertiary/aromatic N) is 2. The van der Waals surface area contributed by atoms with E-state index in [1.165, 1.54) is 30.3 Å². The van der Waals surface area contributed by atoms with Crippen molar-refractivity contribution in [3.63, 3.8) is 0 Å². The summed E-state index contributed by atoms with van der Waals surface area (Å²) in [7, 11) is 0. The van der Waals surface area contributed by atoms with Crippen LogP contribution in [0.3, 0.4) is 0 Å². The molecule has 7 nitrogen and oxygen atoms in total. The second kappa shape index (κ2) is 10.6. The summed E-state index contributed by atoms with van der Waals surface area (Å²) >= 11 is 7.78. The molecule has 0 heterocycles. The Morgan fingerprint density at radius 2 is 2.03 bits per heavy atom. The predicted octanol–water partition coefficient (Wildman–Crippen LogP) is 5.64. The van der Waals surface area contributed by atoms with Crippen LogP contribution in [0.5, 0.6) is 0 Å². The summed E-state index contributed by atoms with van der Waals surface area (Å²) < 4.78 is 29.8. The molecule has 2 aromatic carbocycles. The maximum atomic E-state index is 14.8. The topological polar surface area (TPSA) is 114 Å². The molecule has 0 bridgehead atoms. The van der Waals surface area contributed by atoms with E-state index in [9.17, 15) is 24.3 Å². The molecular formula is C20H21BrClFN4O3S. The van der Waals surface area contributed by atoms with Crippen LogP contribution in [-0.2, 0) is 11.4 Å². The summed E-state index contributed by atoms with van der Waals surface area (Å²) in [5.74, 6) is -0.565. The molecule has 0 aliphatic carbocycles. The Labute approximate surface area is 196 Å². The van der Waals surface area contributed by atoms with Crippen LogP contribution in [-0.4, -0.2) is 20.3 Å². The maximum Gasteiger partial charge on any atom is 0.292 e. The van der Waals surface area contributed by atoms with Crippen LogP contribution in [0.25, 0.3) is 0 Å². The lowest BCUT2D eigenvalue weighted by molar-refractivity contribution is -0.384. The van der Waals surface area contributed by atoms with Gasteiger partial charge in [-0.1, -0.05) is 33.6 Å². The lowest BCUT2D eigenvalue weighted by Gasteiger charge is -2.28. The second-order valence-corrected chi connectivity index (χ2v) is 11.0. The van der Waals surface area contributed by atoms with E-state index >= 15 is 0 Å². The highest BCUT2D eigenvalue weighted by Gasteiger charge is 2.32. The molecule has 0 fully saturated rings. The number of nitro groups is 1. The van der Waals surface area contributed by atoms with E-state index in [-0.39, 0.29) is 28.4 Å². The second-order valence-electron chi connectivity index (χ2n) is 7.67. The van der Waals surface area contributed by atoms with E-state index in [1.54, 1.807) is 26.8 Å². The van der Waals surface area contributed by atoms with Crippen molar-refractivity contribution in [2.45, 2.75) is 44.0 Å². The number of hydrogen-bond acceptors (Lipinski definition) is 6. The fraction of sp³-hybridized carbons (Fsp3) is 0.350. The van der Waals surface area contributed by atoms with Crippen molar-refractivity contribution in [2.24, 2.45) is 0 Å². The molecule has 2 unspecified atom stereocenters. The molecule has 11 heteroatoms. The highest BCUT2D eigenvalue weighted by atomic mass is 79.9. The van der Waals surface area contributed by atoms with Crippen molar-refractivity contribution in [3.05, 3.63) is 67.4 Å². The molecule has 0 aromatic heterocycles. The third-order valence-corrected chi connectivity index (χ3v) is 6.80. The minimum Gasteiger partial charge on any atom is -0.598 e. The molecule has 0 amide bonds. The first-order valence-corrected chi connectivity index (χ1v) is 11.5. The van der Waals surface area contributed by atoms with Gasteiger partial charge in [-0.2, -0.15) is 5.26 Å². The quantitative estimate of drug-likeness (QED) is 0.259. The normalized spacial score (nSPS) is 14.4. The third-order valence-electron chi connectivity index (χ3n) is 4.27. The molecule has 0 spiro atoms. The van der Waals surface area contributed by atoms with Crippen LogP contribution in [0.1, 0.15) is 38.8 Å². The van der Waals surface area contributed by atoms with Crippen LogP contribution < -0.4 is 10.0 Å². The Balaban J connectivity index is 2.47. The summed E-state index contributed by atoms with van der Waals surface area (Å²) in [5, 5.41) is 24.3. The van der Waals surface area contributed by atoms with Gasteiger partial charge in [-0.25, -0.2) is 4.39 Å². The number of benzene rings is 2. The van der Waals surface area contributed by atoms with Gasteiger partial charge < -0.3 is 9.87 Å². The minimum absolute atomic E-state index is 0.0263. The first-order valence-electron chi connectivity index (χ1n) is 9.16. The average Bonchev–Trinajstić information content (AvgIpc) is 2.66. The van der Waals surface area contributed by atoms with E-state index in [1.807, 2.05) is 6.07 Å². The van der Waals surface area contributed by atoms with E-state index in [0.717, 1.165) is 0 Å². The van der Waals surface area contributed by atoms with Crippen molar-refractivity contribution < 1.29 is 13.9 Å². The van der Waals surface area contributed by atoms with Gasteiger partial charge in [0.25, 0.3) is 5.69 Å². The molecule has 0 saturated heterocycles. The molecule has 2 aromatic rings. The van der Waals surface area contributed by atoms with Crippen molar-refractivity contribution in [2.75, 3.05) is 5.32 Å². The van der Waals surface area contributed by atoms with E-state index < -0.39 is 38.9 Å². The zero-order valence-electron chi connectivity index (χ0n) is 17.0. The molecule has 0 radical (unpaired) electrons. The number of halogens is 3. The van der Waals surface area contributed by atoms with Crippen LogP contribution in [0, 0.1) is 27.3 Å². The van der Waals surface area contributed by atoms with Crippen LogP contribution in [0.2, 0.25) is 5.02 Å². The largest absolute Gasteiger partial charge is 0.598 e. The Morgan fingerprint density at radius 3 is 2.58 bits per heavy atom. The van der Waals surface area contributed by atoms with Crippen molar-refractivity contribution in [1.82, 2.24) is 4.72 Å². The van der Waals surface area contributed by atoms with E-state index in [4.69, 9.17) is 11.6 Å². The summed E-state index contributed by atoms with van der Waals surface area (Å²) in [6.07, 6.45) is -0.0263. The lowest BCUT2D eigenvalue weighted by atomic mass is 9.99. The molecule has 0 saturated carbocycles. The maximum absolute atomic E-state index is 14.8. The highest BCUT2D eigenvalue weighted by molar-refractivity contribution is 9.10. The fourth-order valence-corrected chi connectivity index (χ4v) is 4.28. The number of rotatable bonds is 8. The average molecular weight is 532 g/mol. The number of anilines is 1. The van der Waals surface area contributed by atoms with E-state index in [0.29, 0.717) is 4.47 Å². The Morgan fingerprint density at radius 1 is 1.35 bits per heavy atom. The zero-order valence-corrected chi connectivity index (χ0v) is 20.1. The van der Waals surface area contributed by atoms with Gasteiger partial charge >= 0.3 is 0 Å². The summed E-state index contributed by atoms with van der Waals surface area (Å²) in [6.45, 7) is 5.26. The summed E-state index contributed by atoms with van der Waals surface area (Å²) in [4.78, 5) is 10.9. The third kappa shape index (κ3) is 6.79. The Hall–Kier alpha value is -1.90. The number of nitrogens with one attached hydrogen (secondary N) is 2. The molecular weight excluding hydrogens is 511 g/mol. The van der Waals surface area contributed by atoms with Crippen molar-refractivity contribution in [3.8, 4) is 6.07 Å². The van der Waals surface area contributed by atoms with Gasteiger partial charge in [-0.3, -0.25) is 10.1 Å². The minimum atomic E-state index is -1.55. The molecule has 2 rings (SSSR count). The summed E-state index contributed by atoms with van der Waals surface area (Å²) in [5.41, 5.74) is 0.00764. The van der Waals surface area contributed by atoms with Gasteiger partial charge in [0.15, 0.2) is 0 Å². The fourth-order valence-electron chi connectivity index (χ4n) is 2.73. The number of hydrogen-bond donors (Lipinski definition) is 2. The smallest absolute Gasteiger partial charge is 0.292 e. The van der Waals surface area contributed by atoms with E-state index in [2.05, 4.69) is 26.0 Å². The molecule has 0 aliphatic heterocycles. The van der Waals surface area contributed by atoms with Gasteiger partial charge in [0.2, 0.25) is 0 Å². The van der Waals surface area contributed by atoms with Gasteiger partial charge in [0.05, 0.1) is 17.0 Å². The molecule has 2 N–H and O–H groups in total. The van der Waals surface area contributed by atoms with Crippen LogP contribution in [0.15, 0.2) is 40.9 Å². The number of nitro benzene ring substituents is 1. The first kappa shape index (κ1) is 25.4. The highest BCUT2D eigenvalue weighted by Crippen LogP contribution is 2.36. The zero-order chi connectivity index (χ0) is 23.3. The van der Waals surface area contributed by atoms with Gasteiger partial charge in [-0.05, 0) is 45.0 Å². The van der Waals surface area contributed by atoms with Crippen LogP contribution in [0.4, 0.5) is 15.8 Å². The molecule has 3 atom stereocenters. The van der Waals surface area contributed by atoms with Gasteiger partial charge in [0, 0.05) is 38.9 Å². The predicted molar refractivity (Wildman–Crippen MR) is 124 cm³/mol. The summed E-state index contributed by atoms with van der Waals surface area (Å²) in [6, 6.07) is 8.61. The lowest BCUT2D eigenvalue weighted by Crippen LogP contribution is -2.45. The van der Waals surface area contributed by atoms with Crippen LogP contribution >= 0.6 is 27.5 Å². The Kier molecular flexibility index (Phi) is 8.68. The Bertz CT molecular complexity index is 979. The van der Waals surface area contributed by atoms with Crippen molar-refractivity contribution >= 4 is 50.3 Å². The van der Waals surface area contributed by atoms with Crippen molar-refractivity contribution in [1.29, 1.82) is 5.26 Å². The molecule has 0 aliphatic rings. The molecule has 166 valence electrons. The monoisotopic (exact) mass is 530 g/mol. The number of nitriles is 1. The molecule has 31 heavy (non-hydrogen) atoms. The van der Waals surface area contributed by atoms with Gasteiger partial charge in [0.1, 0.15) is 22.3 Å². The first-order chi connectivity index (χ1) is 14.4. The standard InChI is InChI=1S/C20H21BrClFN4O3S/c1-20(2,3)31(30)26-13(11-24)10-17(19-14(21)5-4-6-15(19)23)25-16-9-12(22)7-8-18(16)27(28)29/h4-9,13,17,25-26H,10H2,1-3H3/t13?,17-,31?/m1/s1.